The Kier molecular flexibility index (Phi) is 4.68. The van der Waals surface area contributed by atoms with Gasteiger partial charge >= 0.3 is 0 Å². The number of phenols is 1. The van der Waals surface area contributed by atoms with Crippen molar-refractivity contribution in [1.82, 2.24) is 5.32 Å². The van der Waals surface area contributed by atoms with Gasteiger partial charge in [0.05, 0.1) is 19.6 Å². The second-order valence-corrected chi connectivity index (χ2v) is 7.68. The highest BCUT2D eigenvalue weighted by atomic mass is 16.5. The number of methoxy groups -OCH3 is 2. The number of ether oxygens (including phenoxy) is 2. The van der Waals surface area contributed by atoms with Crippen molar-refractivity contribution in [3.8, 4) is 28.4 Å². The number of fused-ring (bicyclic) bond motifs is 2. The molecule has 0 bridgehead atoms. The number of aromatic hydroxyl groups is 1. The van der Waals surface area contributed by atoms with Crippen LogP contribution in [0.1, 0.15) is 36.6 Å². The van der Waals surface area contributed by atoms with Crippen LogP contribution in [0.15, 0.2) is 36.4 Å². The summed E-state index contributed by atoms with van der Waals surface area (Å²) in [6.07, 6.45) is 0.986. The molecule has 4 heteroatoms. The maximum atomic E-state index is 10.5. The normalized spacial score (nSPS) is 18.8. The minimum Gasteiger partial charge on any atom is -0.507 e. The van der Waals surface area contributed by atoms with E-state index in [9.17, 15) is 5.11 Å². The number of nitrogens with one attached hydrogen (secondary N) is 1. The smallest absolute Gasteiger partial charge is 0.131 e. The number of benzene rings is 3. The SMILES string of the molecule is COc1c(-c2c(C)cc(OC)c3c(O)cccc23)ccc2c1[C@H](C)N[C@H](C)C2. The molecule has 0 amide bonds. The first-order valence-electron chi connectivity index (χ1n) is 9.71. The first-order valence-corrected chi connectivity index (χ1v) is 9.71. The minimum absolute atomic E-state index is 0.215. The molecule has 2 N–H and O–H groups in total. The van der Waals surface area contributed by atoms with E-state index >= 15 is 0 Å². The summed E-state index contributed by atoms with van der Waals surface area (Å²) in [5, 5.41) is 15.8. The van der Waals surface area contributed by atoms with Crippen molar-refractivity contribution >= 4 is 10.8 Å². The Morgan fingerprint density at radius 1 is 1.07 bits per heavy atom. The molecule has 0 aromatic heterocycles. The lowest BCUT2D eigenvalue weighted by Gasteiger charge is -2.32. The van der Waals surface area contributed by atoms with Gasteiger partial charge in [0, 0.05) is 23.2 Å². The fourth-order valence-electron chi connectivity index (χ4n) is 4.69. The molecule has 4 rings (SSSR count). The van der Waals surface area contributed by atoms with E-state index in [1.54, 1.807) is 20.3 Å². The van der Waals surface area contributed by atoms with Gasteiger partial charge in [-0.25, -0.2) is 0 Å². The molecule has 1 aliphatic rings. The molecule has 4 nitrogen and oxygen atoms in total. The van der Waals surface area contributed by atoms with Gasteiger partial charge in [-0.05, 0) is 61.4 Å². The lowest BCUT2D eigenvalue weighted by atomic mass is 9.85. The molecule has 0 saturated heterocycles. The van der Waals surface area contributed by atoms with Crippen molar-refractivity contribution in [2.45, 2.75) is 39.3 Å². The fraction of sp³-hybridized carbons (Fsp3) is 0.333. The zero-order chi connectivity index (χ0) is 20.0. The van der Waals surface area contributed by atoms with Crippen molar-refractivity contribution in [2.75, 3.05) is 14.2 Å². The van der Waals surface area contributed by atoms with Gasteiger partial charge in [-0.3, -0.25) is 0 Å². The van der Waals surface area contributed by atoms with Crippen molar-refractivity contribution in [1.29, 1.82) is 0 Å². The molecule has 0 unspecified atom stereocenters. The maximum absolute atomic E-state index is 10.5. The largest absolute Gasteiger partial charge is 0.507 e. The second-order valence-electron chi connectivity index (χ2n) is 7.68. The zero-order valence-electron chi connectivity index (χ0n) is 17.1. The predicted octanol–water partition coefficient (Wildman–Crippen LogP) is 5.13. The predicted molar refractivity (Wildman–Crippen MR) is 114 cm³/mol. The highest BCUT2D eigenvalue weighted by Gasteiger charge is 2.27. The maximum Gasteiger partial charge on any atom is 0.131 e. The van der Waals surface area contributed by atoms with Crippen LogP contribution in [0, 0.1) is 6.92 Å². The van der Waals surface area contributed by atoms with E-state index in [2.05, 4.69) is 38.2 Å². The second kappa shape index (κ2) is 7.02. The van der Waals surface area contributed by atoms with Crippen LogP contribution in [0.25, 0.3) is 21.9 Å². The quantitative estimate of drug-likeness (QED) is 0.664. The van der Waals surface area contributed by atoms with Gasteiger partial charge in [-0.1, -0.05) is 24.3 Å². The monoisotopic (exact) mass is 377 g/mol. The number of rotatable bonds is 3. The van der Waals surface area contributed by atoms with Gasteiger partial charge in [0.25, 0.3) is 0 Å². The summed E-state index contributed by atoms with van der Waals surface area (Å²) in [7, 11) is 3.37. The van der Waals surface area contributed by atoms with Gasteiger partial charge in [0.2, 0.25) is 0 Å². The van der Waals surface area contributed by atoms with Crippen LogP contribution in [0.2, 0.25) is 0 Å². The van der Waals surface area contributed by atoms with E-state index in [-0.39, 0.29) is 11.8 Å². The van der Waals surface area contributed by atoms with Crippen LogP contribution in [0.5, 0.6) is 17.2 Å². The van der Waals surface area contributed by atoms with E-state index in [0.717, 1.165) is 39.6 Å². The molecule has 3 aromatic rings. The molecule has 2 atom stereocenters. The molecule has 3 aromatic carbocycles. The van der Waals surface area contributed by atoms with Crippen LogP contribution < -0.4 is 14.8 Å². The lowest BCUT2D eigenvalue weighted by Crippen LogP contribution is -2.36. The summed E-state index contributed by atoms with van der Waals surface area (Å²) in [5.41, 5.74) is 5.75. The first-order chi connectivity index (χ1) is 13.5. The Hall–Kier alpha value is -2.72. The zero-order valence-corrected chi connectivity index (χ0v) is 17.1. The minimum atomic E-state index is 0.215. The lowest BCUT2D eigenvalue weighted by molar-refractivity contribution is 0.383. The summed E-state index contributed by atoms with van der Waals surface area (Å²) in [6, 6.07) is 12.6. The number of aryl methyl sites for hydroxylation is 1. The molecule has 0 radical (unpaired) electrons. The molecule has 146 valence electrons. The molecule has 1 heterocycles. The molecular formula is C24H27NO3. The summed E-state index contributed by atoms with van der Waals surface area (Å²) in [5.74, 6) is 1.80. The van der Waals surface area contributed by atoms with E-state index in [1.807, 2.05) is 18.2 Å². The Balaban J connectivity index is 2.06. The van der Waals surface area contributed by atoms with Crippen LogP contribution in [-0.4, -0.2) is 25.4 Å². The van der Waals surface area contributed by atoms with E-state index < -0.39 is 0 Å². The third-order valence-corrected chi connectivity index (χ3v) is 5.77. The standard InChI is InChI=1S/C24H27NO3/c1-13-11-20(27-4)23-17(7-6-8-19(23)26)21(13)18-10-9-16-12-14(2)25-15(3)22(16)24(18)28-5/h6-11,14-15,25-26H,12H2,1-5H3/t14-,15+/m1/s1. The van der Waals surface area contributed by atoms with E-state index in [0.29, 0.717) is 11.8 Å². The Bertz CT molecular complexity index is 1060. The Morgan fingerprint density at radius 2 is 1.86 bits per heavy atom. The molecule has 0 spiro atoms. The van der Waals surface area contributed by atoms with Crippen molar-refractivity contribution in [3.63, 3.8) is 0 Å². The van der Waals surface area contributed by atoms with Crippen LogP contribution in [0.4, 0.5) is 0 Å². The third-order valence-electron chi connectivity index (χ3n) is 5.77. The highest BCUT2D eigenvalue weighted by molar-refractivity contribution is 6.05. The van der Waals surface area contributed by atoms with E-state index in [4.69, 9.17) is 9.47 Å². The van der Waals surface area contributed by atoms with Crippen LogP contribution in [-0.2, 0) is 6.42 Å². The molecule has 28 heavy (non-hydrogen) atoms. The van der Waals surface area contributed by atoms with Crippen LogP contribution >= 0.6 is 0 Å². The molecule has 0 aliphatic carbocycles. The molecule has 0 saturated carbocycles. The van der Waals surface area contributed by atoms with Gasteiger partial charge in [0.1, 0.15) is 17.2 Å². The van der Waals surface area contributed by atoms with Crippen molar-refractivity contribution in [3.05, 3.63) is 53.1 Å². The third kappa shape index (κ3) is 2.80. The Morgan fingerprint density at radius 3 is 2.57 bits per heavy atom. The molecular weight excluding hydrogens is 350 g/mol. The summed E-state index contributed by atoms with van der Waals surface area (Å²) in [6.45, 7) is 6.47. The average molecular weight is 377 g/mol. The summed E-state index contributed by atoms with van der Waals surface area (Å²) < 4.78 is 11.5. The highest BCUT2D eigenvalue weighted by Crippen LogP contribution is 2.47. The summed E-state index contributed by atoms with van der Waals surface area (Å²) in [4.78, 5) is 0. The van der Waals surface area contributed by atoms with Gasteiger partial charge in [-0.2, -0.15) is 0 Å². The van der Waals surface area contributed by atoms with Gasteiger partial charge < -0.3 is 19.9 Å². The van der Waals surface area contributed by atoms with Crippen molar-refractivity contribution < 1.29 is 14.6 Å². The van der Waals surface area contributed by atoms with Crippen LogP contribution in [0.3, 0.4) is 0 Å². The fourth-order valence-corrected chi connectivity index (χ4v) is 4.69. The van der Waals surface area contributed by atoms with Gasteiger partial charge in [0.15, 0.2) is 0 Å². The summed E-state index contributed by atoms with van der Waals surface area (Å²) >= 11 is 0. The number of phenolic OH excluding ortho intramolecular Hbond substituents is 1. The molecule has 0 fully saturated rings. The number of hydrogen-bond acceptors (Lipinski definition) is 4. The van der Waals surface area contributed by atoms with Crippen molar-refractivity contribution in [2.24, 2.45) is 0 Å². The Labute approximate surface area is 166 Å². The first kappa shape index (κ1) is 18.6. The average Bonchev–Trinajstić information content (AvgIpc) is 2.66. The molecule has 1 aliphatic heterocycles. The van der Waals surface area contributed by atoms with E-state index in [1.165, 1.54) is 11.1 Å². The topological polar surface area (TPSA) is 50.7 Å². The number of hydrogen-bond donors (Lipinski definition) is 2. The van der Waals surface area contributed by atoms with Gasteiger partial charge in [-0.15, -0.1) is 0 Å².